The molecule has 1 saturated carbocycles. The summed E-state index contributed by atoms with van der Waals surface area (Å²) in [6.45, 7) is 0. The molecule has 108 valence electrons. The highest BCUT2D eigenvalue weighted by Gasteiger charge is 2.40. The van der Waals surface area contributed by atoms with Gasteiger partial charge in [-0.2, -0.15) is 0 Å². The Labute approximate surface area is 126 Å². The molecule has 0 atom stereocenters. The molecule has 1 amide bonds. The number of carbonyl (C=O) groups excluding carboxylic acids is 1. The number of amides is 1. The molecular weight excluding hydrogens is 301 g/mol. The quantitative estimate of drug-likeness (QED) is 0.347. The third-order valence-electron chi connectivity index (χ3n) is 3.58. The Morgan fingerprint density at radius 1 is 1.35 bits per heavy atom. The van der Waals surface area contributed by atoms with Crippen molar-refractivity contribution in [3.63, 3.8) is 0 Å². The number of benzene rings is 1. The Bertz CT molecular complexity index is 555. The number of carbonyl (C=O) groups is 1. The van der Waals surface area contributed by atoms with Gasteiger partial charge in [-0.05, 0) is 31.0 Å². The van der Waals surface area contributed by atoms with E-state index in [-0.39, 0.29) is 16.8 Å². The summed E-state index contributed by atoms with van der Waals surface area (Å²) in [5, 5.41) is 15.5. The third kappa shape index (κ3) is 2.83. The van der Waals surface area contributed by atoms with Crippen molar-refractivity contribution < 1.29 is 10.0 Å². The fraction of sp³-hybridized carbons (Fsp3) is 0.385. The van der Waals surface area contributed by atoms with Crippen LogP contribution in [0.1, 0.15) is 36.0 Å². The molecule has 0 bridgehead atoms. The lowest BCUT2D eigenvalue weighted by Crippen LogP contribution is -2.55. The van der Waals surface area contributed by atoms with Crippen LogP contribution in [0.5, 0.6) is 0 Å². The molecule has 1 aliphatic rings. The minimum absolute atomic E-state index is 0.0217. The van der Waals surface area contributed by atoms with E-state index in [1.54, 1.807) is 12.1 Å². The number of rotatable bonds is 3. The maximum atomic E-state index is 12.3. The SMILES string of the molecule is N/C(=N/O)C1(NC(=O)c2ccc(Cl)cc2Cl)CCCC1. The second kappa shape index (κ2) is 5.89. The summed E-state index contributed by atoms with van der Waals surface area (Å²) >= 11 is 11.8. The fourth-order valence-electron chi connectivity index (χ4n) is 2.48. The van der Waals surface area contributed by atoms with Crippen LogP contribution in [-0.2, 0) is 0 Å². The van der Waals surface area contributed by atoms with Crippen LogP contribution in [-0.4, -0.2) is 22.5 Å². The van der Waals surface area contributed by atoms with Gasteiger partial charge in [-0.3, -0.25) is 4.79 Å². The summed E-state index contributed by atoms with van der Waals surface area (Å²) in [5.41, 5.74) is 5.25. The average molecular weight is 316 g/mol. The smallest absolute Gasteiger partial charge is 0.253 e. The van der Waals surface area contributed by atoms with E-state index in [9.17, 15) is 4.79 Å². The van der Waals surface area contributed by atoms with Crippen molar-refractivity contribution in [3.05, 3.63) is 33.8 Å². The van der Waals surface area contributed by atoms with Gasteiger partial charge in [0.2, 0.25) is 0 Å². The number of halogens is 2. The Balaban J connectivity index is 2.25. The van der Waals surface area contributed by atoms with Gasteiger partial charge < -0.3 is 16.3 Å². The number of hydrogen-bond acceptors (Lipinski definition) is 3. The molecule has 2 rings (SSSR count). The predicted octanol–water partition coefficient (Wildman–Crippen LogP) is 2.78. The average Bonchev–Trinajstić information content (AvgIpc) is 2.87. The second-order valence-corrected chi connectivity index (χ2v) is 5.70. The number of nitrogens with one attached hydrogen (secondary N) is 1. The van der Waals surface area contributed by atoms with E-state index >= 15 is 0 Å². The molecule has 1 aliphatic carbocycles. The van der Waals surface area contributed by atoms with E-state index in [4.69, 9.17) is 34.1 Å². The first-order valence-corrected chi connectivity index (χ1v) is 7.00. The highest BCUT2D eigenvalue weighted by atomic mass is 35.5. The molecule has 0 heterocycles. The van der Waals surface area contributed by atoms with Crippen LogP contribution >= 0.6 is 23.2 Å². The number of nitrogens with two attached hydrogens (primary N) is 1. The summed E-state index contributed by atoms with van der Waals surface area (Å²) in [6.07, 6.45) is 3.09. The van der Waals surface area contributed by atoms with E-state index in [1.165, 1.54) is 6.07 Å². The van der Waals surface area contributed by atoms with Crippen LogP contribution in [0, 0.1) is 0 Å². The molecule has 0 aromatic heterocycles. The molecule has 0 unspecified atom stereocenters. The molecule has 4 N–H and O–H groups in total. The monoisotopic (exact) mass is 315 g/mol. The van der Waals surface area contributed by atoms with Gasteiger partial charge in [0.15, 0.2) is 5.84 Å². The Kier molecular flexibility index (Phi) is 4.40. The number of nitrogens with zero attached hydrogens (tertiary/aromatic N) is 1. The highest BCUT2D eigenvalue weighted by molar-refractivity contribution is 6.36. The first-order valence-electron chi connectivity index (χ1n) is 6.24. The van der Waals surface area contributed by atoms with Crippen molar-refractivity contribution in [2.24, 2.45) is 10.9 Å². The van der Waals surface area contributed by atoms with Crippen molar-refractivity contribution in [1.29, 1.82) is 0 Å². The van der Waals surface area contributed by atoms with Crippen LogP contribution in [0.4, 0.5) is 0 Å². The van der Waals surface area contributed by atoms with Crippen LogP contribution < -0.4 is 11.1 Å². The van der Waals surface area contributed by atoms with Gasteiger partial charge in [0.1, 0.15) is 5.54 Å². The molecule has 7 heteroatoms. The van der Waals surface area contributed by atoms with Crippen molar-refractivity contribution in [1.82, 2.24) is 5.32 Å². The van der Waals surface area contributed by atoms with Gasteiger partial charge in [-0.25, -0.2) is 0 Å². The summed E-state index contributed by atoms with van der Waals surface area (Å²) in [6, 6.07) is 4.64. The maximum absolute atomic E-state index is 12.3. The number of oxime groups is 1. The number of amidine groups is 1. The van der Waals surface area contributed by atoms with Crippen LogP contribution in [0.3, 0.4) is 0 Å². The van der Waals surface area contributed by atoms with Crippen LogP contribution in [0.2, 0.25) is 10.0 Å². The zero-order valence-electron chi connectivity index (χ0n) is 10.7. The fourth-order valence-corrected chi connectivity index (χ4v) is 2.97. The van der Waals surface area contributed by atoms with E-state index in [1.807, 2.05) is 0 Å². The molecule has 0 radical (unpaired) electrons. The molecule has 0 spiro atoms. The zero-order valence-corrected chi connectivity index (χ0v) is 12.2. The topological polar surface area (TPSA) is 87.7 Å². The zero-order chi connectivity index (χ0) is 14.8. The van der Waals surface area contributed by atoms with Crippen molar-refractivity contribution >= 4 is 34.9 Å². The largest absolute Gasteiger partial charge is 0.409 e. The van der Waals surface area contributed by atoms with Gasteiger partial charge in [0, 0.05) is 5.02 Å². The first-order chi connectivity index (χ1) is 9.48. The van der Waals surface area contributed by atoms with Crippen molar-refractivity contribution in [2.45, 2.75) is 31.2 Å². The van der Waals surface area contributed by atoms with Crippen molar-refractivity contribution in [3.8, 4) is 0 Å². The highest BCUT2D eigenvalue weighted by Crippen LogP contribution is 2.31. The minimum atomic E-state index is -0.797. The van der Waals surface area contributed by atoms with Gasteiger partial charge in [0.25, 0.3) is 5.91 Å². The standard InChI is InChI=1S/C13H15Cl2N3O2/c14-8-3-4-9(10(15)7-8)11(19)17-13(12(16)18-20)5-1-2-6-13/h3-4,7,20H,1-2,5-6H2,(H2,16,18)(H,17,19). The summed E-state index contributed by atoms with van der Waals surface area (Å²) in [4.78, 5) is 12.3. The van der Waals surface area contributed by atoms with E-state index < -0.39 is 5.54 Å². The molecule has 5 nitrogen and oxygen atoms in total. The number of hydrogen-bond donors (Lipinski definition) is 3. The molecule has 0 saturated heterocycles. The first kappa shape index (κ1) is 14.9. The lowest BCUT2D eigenvalue weighted by Gasteiger charge is -2.28. The van der Waals surface area contributed by atoms with Crippen LogP contribution in [0.25, 0.3) is 0 Å². The molecular formula is C13H15Cl2N3O2. The summed E-state index contributed by atoms with van der Waals surface area (Å²) in [7, 11) is 0. The van der Waals surface area contributed by atoms with Gasteiger partial charge >= 0.3 is 0 Å². The van der Waals surface area contributed by atoms with Crippen molar-refractivity contribution in [2.75, 3.05) is 0 Å². The predicted molar refractivity (Wildman–Crippen MR) is 78.5 cm³/mol. The molecule has 1 aromatic rings. The Morgan fingerprint density at radius 2 is 2.00 bits per heavy atom. The Hall–Kier alpha value is -1.46. The Morgan fingerprint density at radius 3 is 2.55 bits per heavy atom. The van der Waals surface area contributed by atoms with E-state index in [0.29, 0.717) is 23.4 Å². The maximum Gasteiger partial charge on any atom is 0.253 e. The van der Waals surface area contributed by atoms with Gasteiger partial charge in [-0.15, -0.1) is 0 Å². The van der Waals surface area contributed by atoms with Gasteiger partial charge in [0.05, 0.1) is 10.6 Å². The van der Waals surface area contributed by atoms with E-state index in [0.717, 1.165) is 12.8 Å². The van der Waals surface area contributed by atoms with Gasteiger partial charge in [-0.1, -0.05) is 41.2 Å². The molecule has 20 heavy (non-hydrogen) atoms. The normalized spacial score (nSPS) is 18.0. The lowest BCUT2D eigenvalue weighted by molar-refractivity contribution is 0.0923. The lowest BCUT2D eigenvalue weighted by atomic mass is 9.95. The van der Waals surface area contributed by atoms with E-state index in [2.05, 4.69) is 10.5 Å². The molecule has 0 aliphatic heterocycles. The molecule has 1 aromatic carbocycles. The summed E-state index contributed by atoms with van der Waals surface area (Å²) < 4.78 is 0. The molecule has 1 fully saturated rings. The third-order valence-corrected chi connectivity index (χ3v) is 4.13. The second-order valence-electron chi connectivity index (χ2n) is 4.85. The summed E-state index contributed by atoms with van der Waals surface area (Å²) in [5.74, 6) is -0.339. The minimum Gasteiger partial charge on any atom is -0.409 e. The van der Waals surface area contributed by atoms with Crippen LogP contribution in [0.15, 0.2) is 23.4 Å².